The first-order valence-electron chi connectivity index (χ1n) is 9.02. The predicted octanol–water partition coefficient (Wildman–Crippen LogP) is 2.68. The summed E-state index contributed by atoms with van der Waals surface area (Å²) in [6.07, 6.45) is 0.122. The molecule has 1 aromatic heterocycles. The number of aromatic nitrogens is 2. The molecule has 0 saturated carbocycles. The minimum absolute atomic E-state index is 0.122. The van der Waals surface area contributed by atoms with E-state index in [1.807, 2.05) is 35.9 Å². The highest BCUT2D eigenvalue weighted by molar-refractivity contribution is 6.00. The summed E-state index contributed by atoms with van der Waals surface area (Å²) in [5.41, 5.74) is 5.76. The first kappa shape index (κ1) is 20.2. The Bertz CT molecular complexity index is 1050. The van der Waals surface area contributed by atoms with Crippen molar-refractivity contribution in [2.75, 3.05) is 21.3 Å². The van der Waals surface area contributed by atoms with E-state index in [9.17, 15) is 4.79 Å². The number of nitrogens with one attached hydrogen (secondary N) is 1. The van der Waals surface area contributed by atoms with Crippen LogP contribution in [0, 0.1) is 0 Å². The quantitative estimate of drug-likeness (QED) is 0.490. The zero-order valence-electron chi connectivity index (χ0n) is 17.1. The van der Waals surface area contributed by atoms with Gasteiger partial charge in [-0.1, -0.05) is 12.1 Å². The average Bonchev–Trinajstić information content (AvgIpc) is 3.06. The molecule has 0 radical (unpaired) electrons. The fourth-order valence-corrected chi connectivity index (χ4v) is 3.04. The molecule has 1 amide bonds. The Labute approximate surface area is 169 Å². The third-order valence-electron chi connectivity index (χ3n) is 4.63. The van der Waals surface area contributed by atoms with E-state index in [2.05, 4.69) is 15.5 Å². The topological polar surface area (TPSA) is 87.0 Å². The molecule has 0 fully saturated rings. The minimum atomic E-state index is -0.254. The molecule has 1 heterocycles. The van der Waals surface area contributed by atoms with Gasteiger partial charge in [0.25, 0.3) is 0 Å². The van der Waals surface area contributed by atoms with Crippen LogP contribution in [0.4, 0.5) is 0 Å². The van der Waals surface area contributed by atoms with Crippen molar-refractivity contribution in [2.24, 2.45) is 12.1 Å². The smallest absolute Gasteiger partial charge is 0.247 e. The number of para-hydroxylation sites is 2. The summed E-state index contributed by atoms with van der Waals surface area (Å²) in [5.74, 6) is 1.95. The highest BCUT2D eigenvalue weighted by Crippen LogP contribution is 2.38. The number of hydrogen-bond donors (Lipinski definition) is 1. The second-order valence-electron chi connectivity index (χ2n) is 6.40. The van der Waals surface area contributed by atoms with Crippen LogP contribution in [0.15, 0.2) is 41.5 Å². The number of benzene rings is 2. The van der Waals surface area contributed by atoms with Gasteiger partial charge < -0.3 is 18.8 Å². The second-order valence-corrected chi connectivity index (χ2v) is 6.40. The summed E-state index contributed by atoms with van der Waals surface area (Å²) in [5, 5.41) is 4.21. The highest BCUT2D eigenvalue weighted by atomic mass is 16.5. The molecular weight excluding hydrogens is 372 g/mol. The summed E-state index contributed by atoms with van der Waals surface area (Å²) in [7, 11) is 6.53. The molecule has 152 valence electrons. The van der Waals surface area contributed by atoms with Crippen LogP contribution >= 0.6 is 0 Å². The lowest BCUT2D eigenvalue weighted by atomic mass is 10.1. The molecule has 0 aliphatic rings. The molecule has 0 saturated heterocycles. The number of carbonyl (C=O) groups is 1. The maximum absolute atomic E-state index is 12.4. The van der Waals surface area contributed by atoms with Crippen molar-refractivity contribution >= 4 is 22.7 Å². The number of imidazole rings is 1. The fourth-order valence-electron chi connectivity index (χ4n) is 3.04. The maximum Gasteiger partial charge on any atom is 0.247 e. The maximum atomic E-state index is 12.4. The molecule has 3 aromatic rings. The predicted molar refractivity (Wildman–Crippen MR) is 111 cm³/mol. The Morgan fingerprint density at radius 2 is 1.76 bits per heavy atom. The van der Waals surface area contributed by atoms with Crippen LogP contribution in [0.2, 0.25) is 0 Å². The van der Waals surface area contributed by atoms with E-state index in [1.54, 1.807) is 40.4 Å². The number of ether oxygens (including phenoxy) is 3. The van der Waals surface area contributed by atoms with Gasteiger partial charge in [-0.3, -0.25) is 4.79 Å². The molecule has 2 aromatic carbocycles. The molecule has 0 aliphatic heterocycles. The van der Waals surface area contributed by atoms with Gasteiger partial charge in [-0.05, 0) is 31.2 Å². The van der Waals surface area contributed by atoms with Gasteiger partial charge in [-0.25, -0.2) is 10.4 Å². The number of nitrogens with zero attached hydrogens (tertiary/aromatic N) is 3. The molecule has 0 spiro atoms. The van der Waals surface area contributed by atoms with Gasteiger partial charge in [0, 0.05) is 12.6 Å². The van der Waals surface area contributed by atoms with Gasteiger partial charge in [0.1, 0.15) is 5.82 Å². The summed E-state index contributed by atoms with van der Waals surface area (Å²) < 4.78 is 17.9. The van der Waals surface area contributed by atoms with E-state index in [-0.39, 0.29) is 12.3 Å². The number of carbonyl (C=O) groups excluding carboxylic acids is 1. The zero-order chi connectivity index (χ0) is 21.0. The Kier molecular flexibility index (Phi) is 6.01. The first-order valence-corrected chi connectivity index (χ1v) is 9.02. The number of fused-ring (bicyclic) bond motifs is 1. The molecule has 0 bridgehead atoms. The molecule has 3 rings (SSSR count). The molecule has 0 aliphatic carbocycles. The Morgan fingerprint density at radius 1 is 1.10 bits per heavy atom. The van der Waals surface area contributed by atoms with Crippen LogP contribution in [0.3, 0.4) is 0 Å². The van der Waals surface area contributed by atoms with E-state index in [0.29, 0.717) is 28.8 Å². The molecule has 1 N–H and O–H groups in total. The number of hydrazone groups is 1. The Hall–Kier alpha value is -3.55. The lowest BCUT2D eigenvalue weighted by Gasteiger charge is -2.14. The summed E-state index contributed by atoms with van der Waals surface area (Å²) >= 11 is 0. The van der Waals surface area contributed by atoms with Crippen molar-refractivity contribution in [3.63, 3.8) is 0 Å². The molecular formula is C21H24N4O4. The van der Waals surface area contributed by atoms with Crippen molar-refractivity contribution in [2.45, 2.75) is 13.3 Å². The third-order valence-corrected chi connectivity index (χ3v) is 4.63. The van der Waals surface area contributed by atoms with Crippen LogP contribution in [-0.2, 0) is 18.3 Å². The van der Waals surface area contributed by atoms with Gasteiger partial charge in [0.05, 0.1) is 44.5 Å². The standard InChI is InChI=1S/C21H24N4O4/c1-13(14-10-17(27-3)21(29-5)18(11-14)28-4)23-24-20(26)12-19-22-15-8-6-7-9-16(15)25(19)2/h6-11H,12H2,1-5H3,(H,24,26)/b23-13+. The van der Waals surface area contributed by atoms with Crippen LogP contribution in [-0.4, -0.2) is 42.5 Å². The lowest BCUT2D eigenvalue weighted by molar-refractivity contribution is -0.120. The SMILES string of the molecule is COc1cc(/C(C)=N/NC(=O)Cc2nc3ccccc3n2C)cc(OC)c1OC. The van der Waals surface area contributed by atoms with Crippen LogP contribution < -0.4 is 19.6 Å². The van der Waals surface area contributed by atoms with Gasteiger partial charge in [0.15, 0.2) is 11.5 Å². The molecule has 0 unspecified atom stereocenters. The van der Waals surface area contributed by atoms with Gasteiger partial charge >= 0.3 is 0 Å². The number of amides is 1. The van der Waals surface area contributed by atoms with Crippen molar-refractivity contribution in [3.8, 4) is 17.2 Å². The number of rotatable bonds is 7. The van der Waals surface area contributed by atoms with E-state index < -0.39 is 0 Å². The second kappa shape index (κ2) is 8.64. The van der Waals surface area contributed by atoms with Crippen molar-refractivity contribution in [1.82, 2.24) is 15.0 Å². The summed E-state index contributed by atoms with van der Waals surface area (Å²) in [6.45, 7) is 1.79. The third kappa shape index (κ3) is 4.16. The number of hydrogen-bond acceptors (Lipinski definition) is 6. The Morgan fingerprint density at radius 3 is 2.34 bits per heavy atom. The van der Waals surface area contributed by atoms with Crippen molar-refractivity contribution in [3.05, 3.63) is 47.8 Å². The first-order chi connectivity index (χ1) is 14.0. The Balaban J connectivity index is 1.76. The summed E-state index contributed by atoms with van der Waals surface area (Å²) in [6, 6.07) is 11.3. The van der Waals surface area contributed by atoms with Crippen molar-refractivity contribution < 1.29 is 19.0 Å². The lowest BCUT2D eigenvalue weighted by Crippen LogP contribution is -2.22. The largest absolute Gasteiger partial charge is 0.493 e. The van der Waals surface area contributed by atoms with E-state index in [1.165, 1.54) is 0 Å². The van der Waals surface area contributed by atoms with Crippen molar-refractivity contribution in [1.29, 1.82) is 0 Å². The molecule has 0 atom stereocenters. The van der Waals surface area contributed by atoms with Crippen LogP contribution in [0.5, 0.6) is 17.2 Å². The van der Waals surface area contributed by atoms with Gasteiger partial charge in [-0.2, -0.15) is 5.10 Å². The van der Waals surface area contributed by atoms with Crippen LogP contribution in [0.1, 0.15) is 18.3 Å². The monoisotopic (exact) mass is 396 g/mol. The molecule has 8 heteroatoms. The van der Waals surface area contributed by atoms with Gasteiger partial charge in [-0.15, -0.1) is 0 Å². The summed E-state index contributed by atoms with van der Waals surface area (Å²) in [4.78, 5) is 16.9. The van der Waals surface area contributed by atoms with E-state index >= 15 is 0 Å². The normalized spacial score (nSPS) is 11.4. The zero-order valence-corrected chi connectivity index (χ0v) is 17.1. The fraction of sp³-hybridized carbons (Fsp3) is 0.286. The average molecular weight is 396 g/mol. The van der Waals surface area contributed by atoms with E-state index in [4.69, 9.17) is 14.2 Å². The van der Waals surface area contributed by atoms with Gasteiger partial charge in [0.2, 0.25) is 11.7 Å². The van der Waals surface area contributed by atoms with E-state index in [0.717, 1.165) is 16.6 Å². The van der Waals surface area contributed by atoms with Crippen LogP contribution in [0.25, 0.3) is 11.0 Å². The molecule has 29 heavy (non-hydrogen) atoms. The number of aryl methyl sites for hydroxylation is 1. The minimum Gasteiger partial charge on any atom is -0.493 e. The molecule has 8 nitrogen and oxygen atoms in total. The number of methoxy groups -OCH3 is 3. The highest BCUT2D eigenvalue weighted by Gasteiger charge is 2.15.